The first-order valence-corrected chi connectivity index (χ1v) is 7.44. The van der Waals surface area contributed by atoms with Gasteiger partial charge in [-0.3, -0.25) is 4.79 Å². The number of carbonyl (C=O) groups excluding carboxylic acids is 1. The topological polar surface area (TPSA) is 49.8 Å². The number of likely N-dealkylation sites (N-methyl/N-ethyl adjacent to an activating group) is 1. The summed E-state index contributed by atoms with van der Waals surface area (Å²) in [5, 5.41) is 10.1. The highest BCUT2D eigenvalue weighted by Gasteiger charge is 2.33. The Bertz CT molecular complexity index is 271. The van der Waals surface area contributed by atoms with Gasteiger partial charge >= 0.3 is 0 Å². The molecule has 1 fully saturated rings. The van der Waals surface area contributed by atoms with E-state index in [1.165, 1.54) is 59.0 Å². The third kappa shape index (κ3) is 5.49. The Labute approximate surface area is 117 Å². The molecule has 1 N–H and O–H groups in total. The number of rotatable bonds is 5. The smallest absolute Gasteiger partial charge is 0.256 e. The molecule has 1 amide bonds. The highest BCUT2D eigenvalue weighted by molar-refractivity contribution is 5.84. The van der Waals surface area contributed by atoms with Crippen LogP contribution in [0.25, 0.3) is 0 Å². The monoisotopic (exact) mass is 271 g/mol. The number of hydrogen-bond acceptors (Lipinski definition) is 3. The minimum absolute atomic E-state index is 0.0425. The van der Waals surface area contributed by atoms with Crippen LogP contribution < -0.4 is 0 Å². The maximum absolute atomic E-state index is 12.2. The second-order valence-corrected chi connectivity index (χ2v) is 6.10. The molecule has 4 heteroatoms. The van der Waals surface area contributed by atoms with E-state index in [1.807, 2.05) is 0 Å². The molecule has 0 heterocycles. The van der Waals surface area contributed by atoms with E-state index >= 15 is 0 Å². The number of amides is 1. The Kier molecular flexibility index (Phi) is 6.80. The lowest BCUT2D eigenvalue weighted by molar-refractivity contribution is -0.153. The predicted octanol–water partition coefficient (Wildman–Crippen LogP) is 2.20. The van der Waals surface area contributed by atoms with Gasteiger partial charge < -0.3 is 14.7 Å². The SMILES string of the molecule is COC[C@@](C)(O)C(=O)N(C)CC1CCCCCCC1. The quantitative estimate of drug-likeness (QED) is 0.834. The van der Waals surface area contributed by atoms with Crippen LogP contribution in [-0.4, -0.2) is 48.8 Å². The van der Waals surface area contributed by atoms with Crippen molar-refractivity contribution in [2.45, 2.75) is 57.5 Å². The first-order valence-electron chi connectivity index (χ1n) is 7.44. The van der Waals surface area contributed by atoms with Crippen molar-refractivity contribution in [3.63, 3.8) is 0 Å². The van der Waals surface area contributed by atoms with Crippen LogP contribution in [0.1, 0.15) is 51.9 Å². The van der Waals surface area contributed by atoms with Gasteiger partial charge in [-0.2, -0.15) is 0 Å². The molecular weight excluding hydrogens is 242 g/mol. The fourth-order valence-electron chi connectivity index (χ4n) is 2.95. The molecule has 0 spiro atoms. The number of ether oxygens (including phenoxy) is 1. The summed E-state index contributed by atoms with van der Waals surface area (Å²) >= 11 is 0. The van der Waals surface area contributed by atoms with Gasteiger partial charge in [0.25, 0.3) is 5.91 Å². The van der Waals surface area contributed by atoms with Crippen LogP contribution in [-0.2, 0) is 9.53 Å². The van der Waals surface area contributed by atoms with Crippen LogP contribution in [0.15, 0.2) is 0 Å². The molecule has 0 bridgehead atoms. The summed E-state index contributed by atoms with van der Waals surface area (Å²) in [6.07, 6.45) is 8.91. The zero-order chi connectivity index (χ0) is 14.3. The largest absolute Gasteiger partial charge is 0.381 e. The Hall–Kier alpha value is -0.610. The molecule has 1 aliphatic rings. The summed E-state index contributed by atoms with van der Waals surface area (Å²) in [5.41, 5.74) is -1.41. The first kappa shape index (κ1) is 16.4. The van der Waals surface area contributed by atoms with Crippen molar-refractivity contribution in [2.24, 2.45) is 5.92 Å². The summed E-state index contributed by atoms with van der Waals surface area (Å²) in [6.45, 7) is 2.31. The Balaban J connectivity index is 2.47. The van der Waals surface area contributed by atoms with Crippen LogP contribution in [0.4, 0.5) is 0 Å². The van der Waals surface area contributed by atoms with E-state index in [0.717, 1.165) is 6.54 Å². The van der Waals surface area contributed by atoms with Gasteiger partial charge in [0, 0.05) is 20.7 Å². The van der Waals surface area contributed by atoms with Crippen molar-refractivity contribution in [1.82, 2.24) is 4.90 Å². The zero-order valence-corrected chi connectivity index (χ0v) is 12.7. The molecular formula is C15H29NO3. The fourth-order valence-corrected chi connectivity index (χ4v) is 2.95. The van der Waals surface area contributed by atoms with Crippen molar-refractivity contribution < 1.29 is 14.6 Å². The average Bonchev–Trinajstić information content (AvgIpc) is 2.31. The molecule has 112 valence electrons. The second kappa shape index (κ2) is 7.85. The molecule has 0 aromatic rings. The van der Waals surface area contributed by atoms with Crippen LogP contribution in [0.3, 0.4) is 0 Å². The molecule has 4 nitrogen and oxygen atoms in total. The summed E-state index contributed by atoms with van der Waals surface area (Å²) in [7, 11) is 3.28. The van der Waals surface area contributed by atoms with Gasteiger partial charge in [-0.05, 0) is 25.7 Å². The molecule has 0 saturated heterocycles. The number of aliphatic hydroxyl groups is 1. The average molecular weight is 271 g/mol. The normalized spacial score (nSPS) is 21.3. The Morgan fingerprint density at radius 3 is 2.32 bits per heavy atom. The minimum atomic E-state index is -1.41. The third-order valence-corrected chi connectivity index (χ3v) is 3.99. The number of hydrogen-bond donors (Lipinski definition) is 1. The Morgan fingerprint density at radius 2 is 1.79 bits per heavy atom. The molecule has 0 unspecified atom stereocenters. The first-order chi connectivity index (χ1) is 8.97. The van der Waals surface area contributed by atoms with Gasteiger partial charge in [-0.15, -0.1) is 0 Å². The lowest BCUT2D eigenvalue weighted by atomic mass is 9.90. The molecule has 0 radical (unpaired) electrons. The fraction of sp³-hybridized carbons (Fsp3) is 0.933. The van der Waals surface area contributed by atoms with Gasteiger partial charge in [-0.25, -0.2) is 0 Å². The highest BCUT2D eigenvalue weighted by Crippen LogP contribution is 2.23. The van der Waals surface area contributed by atoms with E-state index in [9.17, 15) is 9.90 Å². The summed E-state index contributed by atoms with van der Waals surface area (Å²) in [6, 6.07) is 0. The highest BCUT2D eigenvalue weighted by atomic mass is 16.5. The minimum Gasteiger partial charge on any atom is -0.381 e. The van der Waals surface area contributed by atoms with E-state index in [0.29, 0.717) is 5.92 Å². The summed E-state index contributed by atoms with van der Waals surface area (Å²) in [4.78, 5) is 13.9. The van der Waals surface area contributed by atoms with E-state index in [4.69, 9.17) is 4.74 Å². The van der Waals surface area contributed by atoms with Gasteiger partial charge in [0.2, 0.25) is 0 Å². The van der Waals surface area contributed by atoms with Crippen molar-refractivity contribution >= 4 is 5.91 Å². The molecule has 1 saturated carbocycles. The second-order valence-electron chi connectivity index (χ2n) is 6.10. The van der Waals surface area contributed by atoms with E-state index in [-0.39, 0.29) is 12.5 Å². The lowest BCUT2D eigenvalue weighted by Gasteiger charge is -2.31. The van der Waals surface area contributed by atoms with E-state index in [2.05, 4.69) is 0 Å². The van der Waals surface area contributed by atoms with Gasteiger partial charge in [0.15, 0.2) is 5.60 Å². The standard InChI is InChI=1S/C15H29NO3/c1-15(18,12-19-3)14(17)16(2)11-13-9-7-5-4-6-8-10-13/h13,18H,4-12H2,1-3H3/t15-/m1/s1. The predicted molar refractivity (Wildman–Crippen MR) is 75.9 cm³/mol. The van der Waals surface area contributed by atoms with Gasteiger partial charge in [-0.1, -0.05) is 32.1 Å². The van der Waals surface area contributed by atoms with Gasteiger partial charge in [0.1, 0.15) is 0 Å². The van der Waals surface area contributed by atoms with Crippen LogP contribution in [0, 0.1) is 5.92 Å². The number of carbonyl (C=O) groups is 1. The van der Waals surface area contributed by atoms with Crippen molar-refractivity contribution in [3.8, 4) is 0 Å². The maximum Gasteiger partial charge on any atom is 0.256 e. The zero-order valence-electron chi connectivity index (χ0n) is 12.7. The molecule has 0 aromatic carbocycles. The molecule has 1 aliphatic carbocycles. The van der Waals surface area contributed by atoms with Crippen molar-refractivity contribution in [2.75, 3.05) is 27.3 Å². The Morgan fingerprint density at radius 1 is 1.26 bits per heavy atom. The molecule has 0 aliphatic heterocycles. The molecule has 1 atom stereocenters. The lowest BCUT2D eigenvalue weighted by Crippen LogP contribution is -2.49. The van der Waals surface area contributed by atoms with Crippen molar-refractivity contribution in [3.05, 3.63) is 0 Å². The van der Waals surface area contributed by atoms with Crippen LogP contribution >= 0.6 is 0 Å². The molecule has 0 aromatic heterocycles. The van der Waals surface area contributed by atoms with Crippen molar-refractivity contribution in [1.29, 1.82) is 0 Å². The molecule has 1 rings (SSSR count). The van der Waals surface area contributed by atoms with E-state index in [1.54, 1.807) is 11.9 Å². The molecule has 19 heavy (non-hydrogen) atoms. The van der Waals surface area contributed by atoms with Gasteiger partial charge in [0.05, 0.1) is 6.61 Å². The van der Waals surface area contributed by atoms with Crippen LogP contribution in [0.5, 0.6) is 0 Å². The van der Waals surface area contributed by atoms with E-state index < -0.39 is 5.60 Å². The summed E-state index contributed by atoms with van der Waals surface area (Å²) in [5.74, 6) is 0.337. The number of methoxy groups -OCH3 is 1. The summed E-state index contributed by atoms with van der Waals surface area (Å²) < 4.78 is 4.91. The maximum atomic E-state index is 12.2. The third-order valence-electron chi connectivity index (χ3n) is 3.99. The number of nitrogens with zero attached hydrogens (tertiary/aromatic N) is 1. The van der Waals surface area contributed by atoms with Crippen LogP contribution in [0.2, 0.25) is 0 Å².